The summed E-state index contributed by atoms with van der Waals surface area (Å²) in [5.41, 5.74) is 2.02. The molecule has 0 radical (unpaired) electrons. The highest BCUT2D eigenvalue weighted by molar-refractivity contribution is 5.92. The van der Waals surface area contributed by atoms with E-state index in [1.54, 1.807) is 31.4 Å². The van der Waals surface area contributed by atoms with Crippen molar-refractivity contribution >= 4 is 22.5 Å². The maximum absolute atomic E-state index is 12.8. The van der Waals surface area contributed by atoms with Gasteiger partial charge in [0.05, 0.1) is 23.7 Å². The van der Waals surface area contributed by atoms with Crippen LogP contribution in [0, 0.1) is 6.92 Å². The minimum absolute atomic E-state index is 0.100. The molecule has 0 atom stereocenters. The molecule has 2 aromatic carbocycles. The summed E-state index contributed by atoms with van der Waals surface area (Å²) >= 11 is 0. The second kappa shape index (κ2) is 7.39. The van der Waals surface area contributed by atoms with Gasteiger partial charge in [-0.2, -0.15) is 0 Å². The van der Waals surface area contributed by atoms with Crippen molar-refractivity contribution < 1.29 is 9.53 Å². The lowest BCUT2D eigenvalue weighted by atomic mass is 10.2. The normalized spacial score (nSPS) is 10.7. The lowest BCUT2D eigenvalue weighted by Crippen LogP contribution is -2.31. The highest BCUT2D eigenvalue weighted by Gasteiger charge is 2.14. The first kappa shape index (κ1) is 17.7. The SMILES string of the molecule is CCc1nc2ccccc2c(=O)n1CC(=O)Nc1cc(C)ccc1OC. The van der Waals surface area contributed by atoms with E-state index < -0.39 is 0 Å². The van der Waals surface area contributed by atoms with Crippen LogP contribution in [0.25, 0.3) is 10.9 Å². The minimum Gasteiger partial charge on any atom is -0.495 e. The van der Waals surface area contributed by atoms with Gasteiger partial charge in [0.1, 0.15) is 18.1 Å². The van der Waals surface area contributed by atoms with Crippen LogP contribution < -0.4 is 15.6 Å². The van der Waals surface area contributed by atoms with Crippen molar-refractivity contribution in [1.82, 2.24) is 9.55 Å². The van der Waals surface area contributed by atoms with Crippen molar-refractivity contribution in [2.75, 3.05) is 12.4 Å². The first-order chi connectivity index (χ1) is 12.5. The quantitative estimate of drug-likeness (QED) is 0.767. The van der Waals surface area contributed by atoms with Gasteiger partial charge in [-0.25, -0.2) is 4.98 Å². The number of ether oxygens (including phenoxy) is 1. The van der Waals surface area contributed by atoms with E-state index in [-0.39, 0.29) is 18.0 Å². The molecule has 0 saturated heterocycles. The molecule has 0 fully saturated rings. The van der Waals surface area contributed by atoms with E-state index >= 15 is 0 Å². The highest BCUT2D eigenvalue weighted by atomic mass is 16.5. The molecule has 0 aliphatic rings. The van der Waals surface area contributed by atoms with E-state index in [4.69, 9.17) is 4.74 Å². The average Bonchev–Trinajstić information content (AvgIpc) is 2.64. The first-order valence-electron chi connectivity index (χ1n) is 8.46. The molecule has 0 unspecified atom stereocenters. The van der Waals surface area contributed by atoms with Crippen molar-refractivity contribution in [3.63, 3.8) is 0 Å². The van der Waals surface area contributed by atoms with Gasteiger partial charge in [0.15, 0.2) is 0 Å². The standard InChI is InChI=1S/C20H21N3O3/c1-4-18-21-15-8-6-5-7-14(15)20(25)23(18)12-19(24)22-16-11-13(2)9-10-17(16)26-3/h5-11H,4,12H2,1-3H3,(H,22,24). The Hall–Kier alpha value is -3.15. The van der Waals surface area contributed by atoms with Gasteiger partial charge >= 0.3 is 0 Å². The molecule has 0 spiro atoms. The van der Waals surface area contributed by atoms with E-state index in [1.165, 1.54) is 4.57 Å². The summed E-state index contributed by atoms with van der Waals surface area (Å²) in [7, 11) is 1.55. The van der Waals surface area contributed by atoms with Gasteiger partial charge in [0.2, 0.25) is 5.91 Å². The minimum atomic E-state index is -0.303. The van der Waals surface area contributed by atoms with Crippen molar-refractivity contribution in [2.45, 2.75) is 26.8 Å². The number of nitrogens with one attached hydrogen (secondary N) is 1. The number of anilines is 1. The molecule has 6 heteroatoms. The summed E-state index contributed by atoms with van der Waals surface area (Å²) in [5, 5.41) is 3.33. The maximum atomic E-state index is 12.8. The molecule has 3 aromatic rings. The number of aryl methyl sites for hydroxylation is 2. The van der Waals surface area contributed by atoms with Crippen molar-refractivity contribution in [3.05, 3.63) is 64.2 Å². The van der Waals surface area contributed by atoms with Crippen LogP contribution in [0.15, 0.2) is 47.3 Å². The van der Waals surface area contributed by atoms with Gasteiger partial charge in [-0.15, -0.1) is 0 Å². The Morgan fingerprint density at radius 1 is 1.23 bits per heavy atom. The number of aromatic nitrogens is 2. The Bertz CT molecular complexity index is 1020. The van der Waals surface area contributed by atoms with Crippen LogP contribution in [0.4, 0.5) is 5.69 Å². The summed E-state index contributed by atoms with van der Waals surface area (Å²) in [6.07, 6.45) is 0.557. The maximum Gasteiger partial charge on any atom is 0.261 e. The number of rotatable bonds is 5. The molecule has 26 heavy (non-hydrogen) atoms. The highest BCUT2D eigenvalue weighted by Crippen LogP contribution is 2.25. The molecule has 1 N–H and O–H groups in total. The molecule has 0 saturated carbocycles. The summed E-state index contributed by atoms with van der Waals surface area (Å²) in [4.78, 5) is 29.9. The predicted molar refractivity (Wildman–Crippen MR) is 102 cm³/mol. The third-order valence-corrected chi connectivity index (χ3v) is 4.19. The zero-order chi connectivity index (χ0) is 18.7. The van der Waals surface area contributed by atoms with Crippen molar-refractivity contribution in [3.8, 4) is 5.75 Å². The van der Waals surface area contributed by atoms with Gasteiger partial charge in [-0.1, -0.05) is 25.1 Å². The predicted octanol–water partition coefficient (Wildman–Crippen LogP) is 2.91. The third kappa shape index (κ3) is 3.44. The average molecular weight is 351 g/mol. The molecule has 134 valence electrons. The lowest BCUT2D eigenvalue weighted by Gasteiger charge is -2.14. The van der Waals surface area contributed by atoms with E-state index in [2.05, 4.69) is 10.3 Å². The van der Waals surface area contributed by atoms with E-state index in [0.29, 0.717) is 34.6 Å². The van der Waals surface area contributed by atoms with Crippen molar-refractivity contribution in [1.29, 1.82) is 0 Å². The molecule has 0 aliphatic carbocycles. The van der Waals surface area contributed by atoms with Crippen molar-refractivity contribution in [2.24, 2.45) is 0 Å². The van der Waals surface area contributed by atoms with E-state index in [0.717, 1.165) is 5.56 Å². The number of hydrogen-bond acceptors (Lipinski definition) is 4. The zero-order valence-corrected chi connectivity index (χ0v) is 15.1. The second-order valence-corrected chi connectivity index (χ2v) is 6.04. The van der Waals surface area contributed by atoms with E-state index in [9.17, 15) is 9.59 Å². The number of para-hydroxylation sites is 1. The Kier molecular flexibility index (Phi) is 5.02. The van der Waals surface area contributed by atoms with Crippen LogP contribution in [-0.2, 0) is 17.8 Å². The number of amides is 1. The molecule has 3 rings (SSSR count). The Morgan fingerprint density at radius 2 is 2.00 bits per heavy atom. The largest absolute Gasteiger partial charge is 0.495 e. The fraction of sp³-hybridized carbons (Fsp3) is 0.250. The van der Waals surface area contributed by atoms with Crippen LogP contribution in [0.1, 0.15) is 18.3 Å². The first-order valence-corrected chi connectivity index (χ1v) is 8.46. The fourth-order valence-electron chi connectivity index (χ4n) is 2.90. The summed E-state index contributed by atoms with van der Waals surface area (Å²) in [5.74, 6) is 0.853. The molecular formula is C20H21N3O3. The summed E-state index contributed by atoms with van der Waals surface area (Å²) in [6, 6.07) is 12.7. The second-order valence-electron chi connectivity index (χ2n) is 6.04. The smallest absolute Gasteiger partial charge is 0.261 e. The Balaban J connectivity index is 1.94. The number of nitrogens with zero attached hydrogens (tertiary/aromatic N) is 2. The monoisotopic (exact) mass is 351 g/mol. The van der Waals surface area contributed by atoms with Gasteiger partial charge < -0.3 is 10.1 Å². The topological polar surface area (TPSA) is 73.2 Å². The van der Waals surface area contributed by atoms with Gasteiger partial charge in [0, 0.05) is 6.42 Å². The van der Waals surface area contributed by atoms with Gasteiger partial charge in [-0.05, 0) is 36.8 Å². The molecule has 1 heterocycles. The zero-order valence-electron chi connectivity index (χ0n) is 15.1. The molecular weight excluding hydrogens is 330 g/mol. The van der Waals surface area contributed by atoms with E-state index in [1.807, 2.05) is 32.0 Å². The Labute approximate surface area is 151 Å². The number of fused-ring (bicyclic) bond motifs is 1. The van der Waals surface area contributed by atoms with Gasteiger partial charge in [0.25, 0.3) is 5.56 Å². The van der Waals surface area contributed by atoms with Crippen LogP contribution >= 0.6 is 0 Å². The number of hydrogen-bond donors (Lipinski definition) is 1. The fourth-order valence-corrected chi connectivity index (χ4v) is 2.90. The number of carbonyl (C=O) groups is 1. The van der Waals surface area contributed by atoms with Gasteiger partial charge in [-0.3, -0.25) is 14.2 Å². The molecule has 1 amide bonds. The summed E-state index contributed by atoms with van der Waals surface area (Å²) in [6.45, 7) is 3.74. The molecule has 0 aliphatic heterocycles. The van der Waals surface area contributed by atoms with Crippen LogP contribution in [0.2, 0.25) is 0 Å². The molecule has 0 bridgehead atoms. The number of benzene rings is 2. The summed E-state index contributed by atoms with van der Waals surface area (Å²) < 4.78 is 6.71. The number of methoxy groups -OCH3 is 1. The molecule has 6 nitrogen and oxygen atoms in total. The number of carbonyl (C=O) groups excluding carboxylic acids is 1. The van der Waals surface area contributed by atoms with Crippen LogP contribution in [0.3, 0.4) is 0 Å². The molecule has 1 aromatic heterocycles. The third-order valence-electron chi connectivity index (χ3n) is 4.19. The lowest BCUT2D eigenvalue weighted by molar-refractivity contribution is -0.116. The Morgan fingerprint density at radius 3 is 2.73 bits per heavy atom. The van der Waals surface area contributed by atoms with Crippen LogP contribution in [0.5, 0.6) is 5.75 Å². The van der Waals surface area contributed by atoms with Crippen LogP contribution in [-0.4, -0.2) is 22.6 Å².